The highest BCUT2D eigenvalue weighted by atomic mass is 35.5. The van der Waals surface area contributed by atoms with Gasteiger partial charge in [0.2, 0.25) is 5.95 Å². The Kier molecular flexibility index (Phi) is 6.13. The molecule has 1 aliphatic heterocycles. The smallest absolute Gasteiger partial charge is 0.378 e. The van der Waals surface area contributed by atoms with E-state index in [4.69, 9.17) is 16.3 Å². The number of anilines is 3. The van der Waals surface area contributed by atoms with Crippen molar-refractivity contribution in [2.45, 2.75) is 13.1 Å². The Bertz CT molecular complexity index is 917. The first-order valence-corrected chi connectivity index (χ1v) is 9.14. The van der Waals surface area contributed by atoms with Crippen LogP contribution >= 0.6 is 11.6 Å². The Balaban J connectivity index is 1.85. The molecule has 0 unspecified atom stereocenters. The molecule has 1 aromatic heterocycles. The normalized spacial score (nSPS) is 14.6. The molecule has 1 amide bonds. The number of nitrogens with zero attached hydrogens (tertiary/aromatic N) is 3. The van der Waals surface area contributed by atoms with E-state index in [0.717, 1.165) is 0 Å². The van der Waals surface area contributed by atoms with E-state index in [1.807, 2.05) is 0 Å². The van der Waals surface area contributed by atoms with E-state index in [2.05, 4.69) is 20.6 Å². The van der Waals surface area contributed by atoms with Gasteiger partial charge in [0.05, 0.1) is 23.9 Å². The summed E-state index contributed by atoms with van der Waals surface area (Å²) in [6.07, 6.45) is -3.88. The third kappa shape index (κ3) is 4.70. The van der Waals surface area contributed by atoms with Gasteiger partial charge in [-0.1, -0.05) is 11.6 Å². The minimum Gasteiger partial charge on any atom is -0.378 e. The molecule has 29 heavy (non-hydrogen) atoms. The molecule has 156 valence electrons. The third-order valence-corrected chi connectivity index (χ3v) is 4.73. The fourth-order valence-corrected chi connectivity index (χ4v) is 3.12. The van der Waals surface area contributed by atoms with Crippen LogP contribution in [0.2, 0.25) is 5.02 Å². The lowest BCUT2D eigenvalue weighted by Crippen LogP contribution is -2.40. The topological polar surface area (TPSA) is 79.4 Å². The second-order valence-corrected chi connectivity index (χ2v) is 6.79. The number of benzene rings is 1. The molecule has 11 heteroatoms. The zero-order valence-electron chi connectivity index (χ0n) is 15.7. The Morgan fingerprint density at radius 3 is 2.59 bits per heavy atom. The standard InChI is InChI=1S/C18H19ClF3N5O2/c1-10-7-14(13(19)8-11(10)16(28)27-3-5-29-6-4-27)25-17-24-9-12(18(20,21)22)15(23-2)26-17/h7-9H,3-6H2,1-2H3,(H2,23,24,25,26). The largest absolute Gasteiger partial charge is 0.421 e. The number of carbonyl (C=O) groups is 1. The number of halogens is 4. The number of aryl methyl sites for hydroxylation is 1. The van der Waals surface area contributed by atoms with Crippen LogP contribution in [0.4, 0.5) is 30.6 Å². The van der Waals surface area contributed by atoms with Gasteiger partial charge in [0, 0.05) is 31.9 Å². The van der Waals surface area contributed by atoms with Crippen LogP contribution in [0.1, 0.15) is 21.5 Å². The number of hydrogen-bond acceptors (Lipinski definition) is 6. The molecule has 1 saturated heterocycles. The summed E-state index contributed by atoms with van der Waals surface area (Å²) in [6, 6.07) is 3.16. The number of morpholine rings is 1. The van der Waals surface area contributed by atoms with Gasteiger partial charge in [-0.15, -0.1) is 0 Å². The van der Waals surface area contributed by atoms with E-state index in [9.17, 15) is 18.0 Å². The number of rotatable bonds is 4. The number of alkyl halides is 3. The quantitative estimate of drug-likeness (QED) is 0.771. The summed E-state index contributed by atoms with van der Waals surface area (Å²) in [5.74, 6) is -0.569. The number of nitrogens with one attached hydrogen (secondary N) is 2. The lowest BCUT2D eigenvalue weighted by Gasteiger charge is -2.27. The summed E-state index contributed by atoms with van der Waals surface area (Å²) < 4.78 is 44.2. The first-order chi connectivity index (χ1) is 13.7. The summed E-state index contributed by atoms with van der Waals surface area (Å²) in [6.45, 7) is 3.72. The molecule has 3 rings (SSSR count). The molecule has 2 heterocycles. The molecule has 0 atom stereocenters. The minimum absolute atomic E-state index is 0.0593. The van der Waals surface area contributed by atoms with Crippen molar-refractivity contribution < 1.29 is 22.7 Å². The zero-order valence-corrected chi connectivity index (χ0v) is 16.5. The second kappa shape index (κ2) is 8.42. The van der Waals surface area contributed by atoms with E-state index in [1.165, 1.54) is 13.1 Å². The van der Waals surface area contributed by atoms with Gasteiger partial charge in [-0.3, -0.25) is 4.79 Å². The van der Waals surface area contributed by atoms with Crippen molar-refractivity contribution in [3.05, 3.63) is 40.0 Å². The first-order valence-electron chi connectivity index (χ1n) is 8.77. The first kappa shape index (κ1) is 21.1. The van der Waals surface area contributed by atoms with Crippen molar-refractivity contribution in [3.63, 3.8) is 0 Å². The summed E-state index contributed by atoms with van der Waals surface area (Å²) in [4.78, 5) is 22.0. The summed E-state index contributed by atoms with van der Waals surface area (Å²) in [7, 11) is 1.34. The maximum Gasteiger partial charge on any atom is 0.421 e. The lowest BCUT2D eigenvalue weighted by atomic mass is 10.1. The number of aromatic nitrogens is 2. The summed E-state index contributed by atoms with van der Waals surface area (Å²) in [5.41, 5.74) is 0.518. The van der Waals surface area contributed by atoms with Crippen molar-refractivity contribution in [2.75, 3.05) is 44.0 Å². The number of carbonyl (C=O) groups excluding carboxylic acids is 1. The Labute approximate surface area is 170 Å². The predicted octanol–water partition coefficient (Wildman–Crippen LogP) is 3.71. The highest BCUT2D eigenvalue weighted by Gasteiger charge is 2.35. The van der Waals surface area contributed by atoms with Gasteiger partial charge in [0.25, 0.3) is 5.91 Å². The van der Waals surface area contributed by atoms with Gasteiger partial charge in [0.1, 0.15) is 11.4 Å². The maximum absolute atomic E-state index is 13.0. The molecule has 2 aromatic rings. The summed E-state index contributed by atoms with van der Waals surface area (Å²) >= 11 is 6.30. The fraction of sp³-hybridized carbons (Fsp3) is 0.389. The van der Waals surface area contributed by atoms with E-state index in [-0.39, 0.29) is 22.7 Å². The second-order valence-electron chi connectivity index (χ2n) is 6.38. The van der Waals surface area contributed by atoms with Gasteiger partial charge in [-0.25, -0.2) is 4.98 Å². The number of amides is 1. The molecule has 7 nitrogen and oxygen atoms in total. The molecule has 1 aromatic carbocycles. The van der Waals surface area contributed by atoms with Crippen molar-refractivity contribution >= 4 is 35.0 Å². The van der Waals surface area contributed by atoms with Crippen LogP contribution in [0, 0.1) is 6.92 Å². The SMILES string of the molecule is CNc1nc(Nc2cc(C)c(C(=O)N3CCOCC3)cc2Cl)ncc1C(F)(F)F. The molecular formula is C18H19ClF3N5O2. The number of ether oxygens (including phenoxy) is 1. The van der Waals surface area contributed by atoms with Crippen LogP contribution in [-0.4, -0.2) is 54.1 Å². The highest BCUT2D eigenvalue weighted by Crippen LogP contribution is 2.34. The molecule has 1 aliphatic rings. The third-order valence-electron chi connectivity index (χ3n) is 4.42. The van der Waals surface area contributed by atoms with Crippen LogP contribution < -0.4 is 10.6 Å². The van der Waals surface area contributed by atoms with Gasteiger partial charge < -0.3 is 20.3 Å². The molecule has 2 N–H and O–H groups in total. The van der Waals surface area contributed by atoms with E-state index >= 15 is 0 Å². The Hall–Kier alpha value is -2.59. The van der Waals surface area contributed by atoms with Crippen molar-refractivity contribution in [1.29, 1.82) is 0 Å². The van der Waals surface area contributed by atoms with E-state index in [0.29, 0.717) is 49.3 Å². The van der Waals surface area contributed by atoms with Crippen LogP contribution in [0.5, 0.6) is 0 Å². The maximum atomic E-state index is 13.0. The minimum atomic E-state index is -4.58. The van der Waals surface area contributed by atoms with Crippen molar-refractivity contribution in [2.24, 2.45) is 0 Å². The number of hydrogen-bond donors (Lipinski definition) is 2. The lowest BCUT2D eigenvalue weighted by molar-refractivity contribution is -0.137. The predicted molar refractivity (Wildman–Crippen MR) is 103 cm³/mol. The molecule has 0 saturated carbocycles. The highest BCUT2D eigenvalue weighted by molar-refractivity contribution is 6.33. The van der Waals surface area contributed by atoms with Gasteiger partial charge in [0.15, 0.2) is 0 Å². The summed E-state index contributed by atoms with van der Waals surface area (Å²) in [5, 5.41) is 5.44. The van der Waals surface area contributed by atoms with Gasteiger partial charge in [-0.2, -0.15) is 18.2 Å². The molecule has 0 aliphatic carbocycles. The molecule has 0 spiro atoms. The average Bonchev–Trinajstić information content (AvgIpc) is 2.69. The van der Waals surface area contributed by atoms with Crippen LogP contribution in [0.25, 0.3) is 0 Å². The Morgan fingerprint density at radius 1 is 1.28 bits per heavy atom. The van der Waals surface area contributed by atoms with E-state index < -0.39 is 11.7 Å². The molecule has 0 bridgehead atoms. The van der Waals surface area contributed by atoms with Crippen LogP contribution in [0.3, 0.4) is 0 Å². The molecule has 0 radical (unpaired) electrons. The van der Waals surface area contributed by atoms with Gasteiger partial charge >= 0.3 is 6.18 Å². The van der Waals surface area contributed by atoms with Crippen LogP contribution in [0.15, 0.2) is 18.3 Å². The van der Waals surface area contributed by atoms with Gasteiger partial charge in [-0.05, 0) is 24.6 Å². The zero-order chi connectivity index (χ0) is 21.2. The average molecular weight is 430 g/mol. The molecule has 1 fully saturated rings. The Morgan fingerprint density at radius 2 is 1.97 bits per heavy atom. The molecular weight excluding hydrogens is 411 g/mol. The van der Waals surface area contributed by atoms with Crippen molar-refractivity contribution in [1.82, 2.24) is 14.9 Å². The monoisotopic (exact) mass is 429 g/mol. The van der Waals surface area contributed by atoms with Crippen molar-refractivity contribution in [3.8, 4) is 0 Å². The van der Waals surface area contributed by atoms with E-state index in [1.54, 1.807) is 17.9 Å². The van der Waals surface area contributed by atoms with Crippen LogP contribution in [-0.2, 0) is 10.9 Å². The fourth-order valence-electron chi connectivity index (χ4n) is 2.91.